The second-order valence-corrected chi connectivity index (χ2v) is 17.8. The molecular formula is C61H35F5N4. The van der Waals surface area contributed by atoms with Crippen molar-refractivity contribution in [3.8, 4) is 33.9 Å². The van der Waals surface area contributed by atoms with Gasteiger partial charge in [-0.25, -0.2) is 8.78 Å². The van der Waals surface area contributed by atoms with Gasteiger partial charge in [-0.3, -0.25) is 0 Å². The van der Waals surface area contributed by atoms with Gasteiger partial charge in [-0.2, -0.15) is 13.2 Å². The van der Waals surface area contributed by atoms with E-state index in [-0.39, 0.29) is 16.9 Å². The van der Waals surface area contributed by atoms with Crippen molar-refractivity contribution in [2.45, 2.75) is 6.18 Å². The highest BCUT2D eigenvalue weighted by atomic mass is 19.4. The first-order valence-corrected chi connectivity index (χ1v) is 23.0. The molecule has 334 valence electrons. The molecule has 70 heavy (non-hydrogen) atoms. The van der Waals surface area contributed by atoms with Gasteiger partial charge in [-0.1, -0.05) is 115 Å². The van der Waals surface area contributed by atoms with Gasteiger partial charge in [-0.15, -0.1) is 0 Å². The predicted molar refractivity (Wildman–Crippen MR) is 274 cm³/mol. The molecule has 0 aliphatic carbocycles. The van der Waals surface area contributed by atoms with Gasteiger partial charge in [0.25, 0.3) is 0 Å². The first-order chi connectivity index (χ1) is 34.2. The maximum atomic E-state index is 16.8. The van der Waals surface area contributed by atoms with Gasteiger partial charge >= 0.3 is 6.18 Å². The van der Waals surface area contributed by atoms with Gasteiger partial charge in [0.05, 0.1) is 66.6 Å². The largest absolute Gasteiger partial charge is 0.416 e. The van der Waals surface area contributed by atoms with Crippen molar-refractivity contribution in [1.29, 1.82) is 0 Å². The average molecular weight is 919 g/mol. The Kier molecular flexibility index (Phi) is 8.47. The molecule has 0 atom stereocenters. The van der Waals surface area contributed by atoms with E-state index in [0.29, 0.717) is 22.1 Å². The number of aromatic nitrogens is 4. The van der Waals surface area contributed by atoms with Gasteiger partial charge in [0.1, 0.15) is 11.6 Å². The summed E-state index contributed by atoms with van der Waals surface area (Å²) in [5.41, 5.74) is 6.45. The van der Waals surface area contributed by atoms with E-state index in [1.165, 1.54) is 6.07 Å². The number of hydrogen-bond donors (Lipinski definition) is 0. The van der Waals surface area contributed by atoms with Gasteiger partial charge in [0.15, 0.2) is 0 Å². The molecule has 0 N–H and O–H groups in total. The molecule has 9 heteroatoms. The van der Waals surface area contributed by atoms with Crippen LogP contribution < -0.4 is 0 Å². The Morgan fingerprint density at radius 1 is 0.271 bits per heavy atom. The number of nitrogens with zero attached hydrogens (tertiary/aromatic N) is 4. The molecule has 14 aromatic rings. The fourth-order valence-corrected chi connectivity index (χ4v) is 11.2. The third-order valence-electron chi connectivity index (χ3n) is 14.1. The zero-order chi connectivity index (χ0) is 47.0. The van der Waals surface area contributed by atoms with Crippen LogP contribution in [0.25, 0.3) is 121 Å². The van der Waals surface area contributed by atoms with E-state index in [2.05, 4.69) is 57.7 Å². The van der Waals surface area contributed by atoms with Crippen LogP contribution in [0.4, 0.5) is 22.0 Å². The lowest BCUT2D eigenvalue weighted by Gasteiger charge is -2.23. The molecule has 0 unspecified atom stereocenters. The third kappa shape index (κ3) is 5.69. The zero-order valence-electron chi connectivity index (χ0n) is 36.9. The Labute approximate surface area is 395 Å². The van der Waals surface area contributed by atoms with E-state index in [0.717, 1.165) is 101 Å². The molecule has 0 spiro atoms. The summed E-state index contributed by atoms with van der Waals surface area (Å²) in [6, 6.07) is 65.1. The topological polar surface area (TPSA) is 19.7 Å². The third-order valence-corrected chi connectivity index (χ3v) is 14.1. The minimum absolute atomic E-state index is 0.0301. The standard InChI is InChI=1S/C61H35F5N4/c62-47-20-13-21-48(63)59(47)60-57(69-53-26-11-5-18-43(53)45-34-37(28-30-55(45)69)67-49-22-7-1-14-39(49)40-15-2-8-23-50(40)67)32-36(61(64,65)66)33-58(60)70-54-27-12-6-19-44(54)46-35-38(29-31-56(46)70)68-51-24-9-3-16-41(51)42-17-4-10-25-52(42)68/h1-35H. The molecule has 4 aromatic heterocycles. The first kappa shape index (κ1) is 40.1. The van der Waals surface area contributed by atoms with Crippen molar-refractivity contribution in [3.05, 3.63) is 230 Å². The number of rotatable bonds is 5. The highest BCUT2D eigenvalue weighted by molar-refractivity contribution is 6.15. The SMILES string of the molecule is Fc1cccc(F)c1-c1c(-n2c3ccccc3c3cc(-n4c5ccccc5c5ccccc54)ccc32)cc(C(F)(F)F)cc1-n1c2ccccc2c2cc(-n3c4ccccc4c4ccccc43)ccc21. The number of benzene rings is 10. The average Bonchev–Trinajstić information content (AvgIpc) is 4.11. The summed E-state index contributed by atoms with van der Waals surface area (Å²) in [6.07, 6.45) is -4.86. The summed E-state index contributed by atoms with van der Waals surface area (Å²) >= 11 is 0. The molecule has 0 bridgehead atoms. The van der Waals surface area contributed by atoms with E-state index in [1.54, 1.807) is 9.13 Å². The minimum atomic E-state index is -4.86. The van der Waals surface area contributed by atoms with Crippen LogP contribution in [0.1, 0.15) is 5.56 Å². The minimum Gasteiger partial charge on any atom is -0.309 e. The molecule has 4 heterocycles. The summed E-state index contributed by atoms with van der Waals surface area (Å²) in [6.45, 7) is 0. The van der Waals surface area contributed by atoms with E-state index in [4.69, 9.17) is 0 Å². The van der Waals surface area contributed by atoms with Crippen LogP contribution >= 0.6 is 0 Å². The Bertz CT molecular complexity index is 4130. The second kappa shape index (κ2) is 14.8. The number of para-hydroxylation sites is 6. The van der Waals surface area contributed by atoms with E-state index in [1.807, 2.05) is 133 Å². The molecule has 0 aliphatic rings. The van der Waals surface area contributed by atoms with Crippen molar-refractivity contribution in [1.82, 2.24) is 18.3 Å². The fourth-order valence-electron chi connectivity index (χ4n) is 11.2. The quantitative estimate of drug-likeness (QED) is 0.153. The molecule has 0 amide bonds. The van der Waals surface area contributed by atoms with Gasteiger partial charge < -0.3 is 18.3 Å². The molecule has 10 aromatic carbocycles. The smallest absolute Gasteiger partial charge is 0.309 e. The van der Waals surface area contributed by atoms with Crippen LogP contribution in [0.2, 0.25) is 0 Å². The summed E-state index contributed by atoms with van der Waals surface area (Å²) in [7, 11) is 0. The molecule has 0 saturated carbocycles. The summed E-state index contributed by atoms with van der Waals surface area (Å²) < 4.78 is 88.7. The number of fused-ring (bicyclic) bond motifs is 12. The maximum Gasteiger partial charge on any atom is 0.416 e. The van der Waals surface area contributed by atoms with Crippen molar-refractivity contribution >= 4 is 87.2 Å². The lowest BCUT2D eigenvalue weighted by atomic mass is 9.96. The van der Waals surface area contributed by atoms with Crippen LogP contribution in [0.5, 0.6) is 0 Å². The lowest BCUT2D eigenvalue weighted by Crippen LogP contribution is -2.12. The van der Waals surface area contributed by atoms with Crippen LogP contribution in [0.15, 0.2) is 212 Å². The van der Waals surface area contributed by atoms with Gasteiger partial charge in [0, 0.05) is 60.0 Å². The fraction of sp³-hybridized carbons (Fsp3) is 0.0164. The maximum absolute atomic E-state index is 16.8. The molecule has 0 saturated heterocycles. The van der Waals surface area contributed by atoms with E-state index >= 15 is 22.0 Å². The zero-order valence-corrected chi connectivity index (χ0v) is 36.9. The molecular weight excluding hydrogens is 884 g/mol. The molecule has 0 aliphatic heterocycles. The normalized spacial score (nSPS) is 12.4. The summed E-state index contributed by atoms with van der Waals surface area (Å²) in [5.74, 6) is -1.82. The van der Waals surface area contributed by atoms with Crippen molar-refractivity contribution in [3.63, 3.8) is 0 Å². The molecule has 4 nitrogen and oxygen atoms in total. The number of halogens is 5. The first-order valence-electron chi connectivity index (χ1n) is 23.0. The Morgan fingerprint density at radius 2 is 0.571 bits per heavy atom. The number of hydrogen-bond acceptors (Lipinski definition) is 0. The van der Waals surface area contributed by atoms with Crippen molar-refractivity contribution in [2.75, 3.05) is 0 Å². The highest BCUT2D eigenvalue weighted by Crippen LogP contribution is 2.47. The van der Waals surface area contributed by atoms with Crippen molar-refractivity contribution < 1.29 is 22.0 Å². The van der Waals surface area contributed by atoms with Crippen LogP contribution in [-0.4, -0.2) is 18.3 Å². The molecule has 14 rings (SSSR count). The lowest BCUT2D eigenvalue weighted by molar-refractivity contribution is -0.137. The second-order valence-electron chi connectivity index (χ2n) is 17.8. The monoisotopic (exact) mass is 918 g/mol. The van der Waals surface area contributed by atoms with E-state index in [9.17, 15) is 0 Å². The predicted octanol–water partition coefficient (Wildman–Crippen LogP) is 17.0. The van der Waals surface area contributed by atoms with E-state index < -0.39 is 28.9 Å². The number of alkyl halides is 3. The summed E-state index contributed by atoms with van der Waals surface area (Å²) in [4.78, 5) is 0. The molecule has 0 radical (unpaired) electrons. The van der Waals surface area contributed by atoms with Gasteiger partial charge in [0.2, 0.25) is 0 Å². The Hall–Kier alpha value is -8.95. The van der Waals surface area contributed by atoms with Gasteiger partial charge in [-0.05, 0) is 97.1 Å². The van der Waals surface area contributed by atoms with Crippen LogP contribution in [-0.2, 0) is 6.18 Å². The van der Waals surface area contributed by atoms with Crippen molar-refractivity contribution in [2.24, 2.45) is 0 Å². The van der Waals surface area contributed by atoms with Crippen LogP contribution in [0.3, 0.4) is 0 Å². The Morgan fingerprint density at radius 3 is 0.914 bits per heavy atom. The highest BCUT2D eigenvalue weighted by Gasteiger charge is 2.35. The molecule has 0 fully saturated rings. The summed E-state index contributed by atoms with van der Waals surface area (Å²) in [5, 5.41) is 7.36. The Balaban J connectivity index is 1.09. The van der Waals surface area contributed by atoms with Crippen LogP contribution in [0, 0.1) is 11.6 Å².